The molecule has 0 spiro atoms. The third kappa shape index (κ3) is 3.36. The van der Waals surface area contributed by atoms with E-state index in [1.807, 2.05) is 6.92 Å². The Morgan fingerprint density at radius 3 is 2.45 bits per heavy atom. The molecule has 20 heavy (non-hydrogen) atoms. The van der Waals surface area contributed by atoms with Gasteiger partial charge in [-0.1, -0.05) is 11.3 Å². The smallest absolute Gasteiger partial charge is 0.332 e. The van der Waals surface area contributed by atoms with E-state index in [0.29, 0.717) is 10.8 Å². The van der Waals surface area contributed by atoms with Crippen LogP contribution in [0.25, 0.3) is 0 Å². The van der Waals surface area contributed by atoms with Gasteiger partial charge < -0.3 is 5.32 Å². The SMILES string of the molecule is C/N=C(/C)c1cnc(Nc2ccc(C(F)(F)F)cc2)s1. The van der Waals surface area contributed by atoms with E-state index in [2.05, 4.69) is 15.3 Å². The molecule has 0 amide bonds. The highest BCUT2D eigenvalue weighted by Gasteiger charge is 2.29. The number of thiazole rings is 1. The van der Waals surface area contributed by atoms with Crippen molar-refractivity contribution in [3.05, 3.63) is 40.9 Å². The number of anilines is 2. The molecule has 1 aromatic carbocycles. The third-order valence-corrected chi connectivity index (χ3v) is 3.68. The lowest BCUT2D eigenvalue weighted by Gasteiger charge is -2.07. The van der Waals surface area contributed by atoms with E-state index < -0.39 is 11.7 Å². The normalized spacial score (nSPS) is 12.6. The fourth-order valence-corrected chi connectivity index (χ4v) is 2.30. The maximum Gasteiger partial charge on any atom is 0.416 e. The van der Waals surface area contributed by atoms with Crippen LogP contribution in [0.3, 0.4) is 0 Å². The predicted octanol–water partition coefficient (Wildman–Crippen LogP) is 4.34. The number of aromatic nitrogens is 1. The fourth-order valence-electron chi connectivity index (χ4n) is 1.48. The van der Waals surface area contributed by atoms with Gasteiger partial charge in [0.2, 0.25) is 0 Å². The topological polar surface area (TPSA) is 37.3 Å². The number of alkyl halides is 3. The minimum absolute atomic E-state index is 0.560. The molecule has 3 nitrogen and oxygen atoms in total. The van der Waals surface area contributed by atoms with Crippen molar-refractivity contribution in [1.29, 1.82) is 0 Å². The van der Waals surface area contributed by atoms with Crippen LogP contribution in [0.4, 0.5) is 24.0 Å². The first-order valence-corrected chi connectivity index (χ1v) is 6.55. The number of nitrogens with one attached hydrogen (secondary N) is 1. The molecule has 0 aliphatic carbocycles. The van der Waals surface area contributed by atoms with Crippen molar-refractivity contribution >= 4 is 27.9 Å². The number of hydrogen-bond acceptors (Lipinski definition) is 4. The summed E-state index contributed by atoms with van der Waals surface area (Å²) in [6.45, 7) is 1.87. The summed E-state index contributed by atoms with van der Waals surface area (Å²) in [5.41, 5.74) is 0.754. The highest BCUT2D eigenvalue weighted by Crippen LogP contribution is 2.30. The van der Waals surface area contributed by atoms with Gasteiger partial charge in [0.05, 0.1) is 16.2 Å². The molecule has 0 radical (unpaired) electrons. The van der Waals surface area contributed by atoms with Crippen LogP contribution in [0.5, 0.6) is 0 Å². The summed E-state index contributed by atoms with van der Waals surface area (Å²) in [5, 5.41) is 3.58. The van der Waals surface area contributed by atoms with Crippen LogP contribution in [-0.4, -0.2) is 17.7 Å². The van der Waals surface area contributed by atoms with Crippen LogP contribution in [0.15, 0.2) is 35.5 Å². The molecular weight excluding hydrogens is 287 g/mol. The zero-order valence-electron chi connectivity index (χ0n) is 10.8. The van der Waals surface area contributed by atoms with Gasteiger partial charge in [-0.05, 0) is 31.2 Å². The average molecular weight is 299 g/mol. The molecule has 7 heteroatoms. The largest absolute Gasteiger partial charge is 0.416 e. The summed E-state index contributed by atoms with van der Waals surface area (Å²) in [5.74, 6) is 0. The first-order valence-electron chi connectivity index (χ1n) is 5.74. The summed E-state index contributed by atoms with van der Waals surface area (Å²) in [7, 11) is 1.69. The lowest BCUT2D eigenvalue weighted by atomic mass is 10.2. The van der Waals surface area contributed by atoms with Crippen LogP contribution in [0.2, 0.25) is 0 Å². The van der Waals surface area contributed by atoms with E-state index in [0.717, 1.165) is 22.7 Å². The van der Waals surface area contributed by atoms with Gasteiger partial charge in [0, 0.05) is 18.9 Å². The Morgan fingerprint density at radius 1 is 1.25 bits per heavy atom. The first kappa shape index (κ1) is 14.5. The Morgan fingerprint density at radius 2 is 1.90 bits per heavy atom. The second kappa shape index (κ2) is 5.62. The fraction of sp³-hybridized carbons (Fsp3) is 0.231. The number of benzene rings is 1. The van der Waals surface area contributed by atoms with Crippen molar-refractivity contribution in [2.75, 3.05) is 12.4 Å². The van der Waals surface area contributed by atoms with Gasteiger partial charge in [-0.25, -0.2) is 4.98 Å². The van der Waals surface area contributed by atoms with Crippen molar-refractivity contribution in [3.63, 3.8) is 0 Å². The maximum atomic E-state index is 12.4. The molecule has 0 aliphatic heterocycles. The molecule has 0 saturated heterocycles. The number of nitrogens with zero attached hydrogens (tertiary/aromatic N) is 2. The van der Waals surface area contributed by atoms with Gasteiger partial charge >= 0.3 is 6.18 Å². The van der Waals surface area contributed by atoms with E-state index in [-0.39, 0.29) is 0 Å². The summed E-state index contributed by atoms with van der Waals surface area (Å²) in [6, 6.07) is 4.83. The number of halogens is 3. The van der Waals surface area contributed by atoms with Gasteiger partial charge in [0.15, 0.2) is 5.13 Å². The molecule has 0 aliphatic rings. The van der Waals surface area contributed by atoms with E-state index in [1.54, 1.807) is 13.2 Å². The van der Waals surface area contributed by atoms with Gasteiger partial charge in [-0.3, -0.25) is 4.99 Å². The van der Waals surface area contributed by atoms with Gasteiger partial charge in [-0.15, -0.1) is 0 Å². The van der Waals surface area contributed by atoms with Crippen LogP contribution in [-0.2, 0) is 6.18 Å². The minimum Gasteiger partial charge on any atom is -0.332 e. The van der Waals surface area contributed by atoms with Gasteiger partial charge in [-0.2, -0.15) is 13.2 Å². The summed E-state index contributed by atoms with van der Waals surface area (Å²) in [4.78, 5) is 9.13. The Bertz CT molecular complexity index is 615. The van der Waals surface area contributed by atoms with Crippen LogP contribution >= 0.6 is 11.3 Å². The first-order chi connectivity index (χ1) is 9.40. The predicted molar refractivity (Wildman–Crippen MR) is 75.0 cm³/mol. The second-order valence-corrected chi connectivity index (χ2v) is 5.07. The minimum atomic E-state index is -4.32. The zero-order valence-corrected chi connectivity index (χ0v) is 11.6. The van der Waals surface area contributed by atoms with E-state index in [1.165, 1.54) is 23.5 Å². The van der Waals surface area contributed by atoms with Crippen molar-refractivity contribution in [2.24, 2.45) is 4.99 Å². The number of hydrogen-bond donors (Lipinski definition) is 1. The molecule has 106 valence electrons. The lowest BCUT2D eigenvalue weighted by Crippen LogP contribution is -2.04. The number of aliphatic imine (C=N–C) groups is 1. The summed E-state index contributed by atoms with van der Waals surface area (Å²) < 4.78 is 37.3. The van der Waals surface area contributed by atoms with Gasteiger partial charge in [0.1, 0.15) is 0 Å². The van der Waals surface area contributed by atoms with Crippen molar-refractivity contribution < 1.29 is 13.2 Å². The molecule has 0 unspecified atom stereocenters. The van der Waals surface area contributed by atoms with Crippen LogP contribution < -0.4 is 5.32 Å². The molecular formula is C13H12F3N3S. The Labute approximate surface area is 118 Å². The Hall–Kier alpha value is -1.89. The Balaban J connectivity index is 2.12. The standard InChI is InChI=1S/C13H12F3N3S/c1-8(17-2)11-7-18-12(20-11)19-10-5-3-9(4-6-10)13(14,15)16/h3-7H,1-2H3,(H,18,19)/b17-8-. The molecule has 0 saturated carbocycles. The second-order valence-electron chi connectivity index (χ2n) is 4.04. The zero-order chi connectivity index (χ0) is 14.8. The third-order valence-electron chi connectivity index (χ3n) is 2.66. The molecule has 0 atom stereocenters. The Kier molecular flexibility index (Phi) is 4.08. The molecule has 1 aromatic heterocycles. The molecule has 2 aromatic rings. The van der Waals surface area contributed by atoms with Gasteiger partial charge in [0.25, 0.3) is 0 Å². The molecule has 2 rings (SSSR count). The summed E-state index contributed by atoms with van der Waals surface area (Å²) in [6.07, 6.45) is -2.64. The quantitative estimate of drug-likeness (QED) is 0.856. The maximum absolute atomic E-state index is 12.4. The summed E-state index contributed by atoms with van der Waals surface area (Å²) >= 11 is 1.39. The lowest BCUT2D eigenvalue weighted by molar-refractivity contribution is -0.137. The highest BCUT2D eigenvalue weighted by molar-refractivity contribution is 7.17. The average Bonchev–Trinajstić information content (AvgIpc) is 2.86. The molecule has 1 N–H and O–H groups in total. The van der Waals surface area contributed by atoms with E-state index in [4.69, 9.17) is 0 Å². The molecule has 0 bridgehead atoms. The van der Waals surface area contributed by atoms with E-state index in [9.17, 15) is 13.2 Å². The van der Waals surface area contributed by atoms with Crippen molar-refractivity contribution in [3.8, 4) is 0 Å². The number of rotatable bonds is 3. The molecule has 1 heterocycles. The van der Waals surface area contributed by atoms with E-state index >= 15 is 0 Å². The van der Waals surface area contributed by atoms with Crippen molar-refractivity contribution in [1.82, 2.24) is 4.98 Å². The van der Waals surface area contributed by atoms with Crippen LogP contribution in [0.1, 0.15) is 17.4 Å². The highest BCUT2D eigenvalue weighted by atomic mass is 32.1. The molecule has 0 fully saturated rings. The van der Waals surface area contributed by atoms with Crippen LogP contribution in [0, 0.1) is 0 Å². The monoisotopic (exact) mass is 299 g/mol. The van der Waals surface area contributed by atoms with Crippen molar-refractivity contribution in [2.45, 2.75) is 13.1 Å².